The Morgan fingerprint density at radius 2 is 1.70 bits per heavy atom. The number of nitrogens with one attached hydrogen (secondary N) is 1. The summed E-state index contributed by atoms with van der Waals surface area (Å²) < 4.78 is 3.22. The van der Waals surface area contributed by atoms with Crippen molar-refractivity contribution in [2.24, 2.45) is 17.8 Å². The maximum atomic E-state index is 14.0. The zero-order valence-corrected chi connectivity index (χ0v) is 23.4. The summed E-state index contributed by atoms with van der Waals surface area (Å²) in [5.41, 5.74) is 8.83. The van der Waals surface area contributed by atoms with Crippen molar-refractivity contribution in [3.8, 4) is 11.8 Å². The molecule has 3 heterocycles. The second kappa shape index (κ2) is 10.5. The molecule has 11 nitrogen and oxygen atoms in total. The number of allylic oxidation sites excluding steroid dienone is 1. The summed E-state index contributed by atoms with van der Waals surface area (Å²) in [6.07, 6.45) is 6.68. The number of carbonyl (C=O) groups is 2. The van der Waals surface area contributed by atoms with Gasteiger partial charge in [0.1, 0.15) is 23.5 Å². The summed E-state index contributed by atoms with van der Waals surface area (Å²) >= 11 is 0. The zero-order valence-electron chi connectivity index (χ0n) is 23.4. The number of nitrogens with two attached hydrogens (primary N) is 1. The molecule has 3 fully saturated rings. The van der Waals surface area contributed by atoms with Crippen molar-refractivity contribution in [2.75, 3.05) is 24.1 Å². The first-order valence-corrected chi connectivity index (χ1v) is 14.5. The van der Waals surface area contributed by atoms with E-state index in [1.807, 2.05) is 36.4 Å². The minimum Gasteiger partial charge on any atom is -0.382 e. The van der Waals surface area contributed by atoms with Crippen LogP contribution in [0.1, 0.15) is 42.1 Å². The number of nitrogens with zero attached hydrogens (tertiary/aromatic N) is 6. The molecule has 0 spiro atoms. The fraction of sp³-hybridized carbons (Fsp3) is 0.312. The number of aromatic nitrogens is 4. The highest BCUT2D eigenvalue weighted by molar-refractivity contribution is 6.04. The topological polar surface area (TPSA) is 152 Å². The number of rotatable bonds is 6. The number of hydrogen-bond donors (Lipinski definition) is 2. The largest absolute Gasteiger partial charge is 0.382 e. The Morgan fingerprint density at radius 3 is 2.35 bits per heavy atom. The highest BCUT2D eigenvalue weighted by Gasteiger charge is 2.44. The standard InChI is InChI=1S/C32H30N8O3/c33-15-21(12-19-6-7-19)31(42)38-16-22-13-26(14-23(22)17-38)40-29-27(28(34)35-18-36-29)39(32(40)43)25-10-8-20(9-11-25)30(41)37-24-4-2-1-3-5-24/h1-5,8-12,18-19,22-23,26H,6-7,13-14,16-17H2,(H,37,41)(H2,34,35,36)/b21-12-. The number of hydrogen-bond acceptors (Lipinski definition) is 7. The van der Waals surface area contributed by atoms with Crippen LogP contribution in [0.5, 0.6) is 0 Å². The molecule has 2 atom stereocenters. The first-order valence-electron chi connectivity index (χ1n) is 14.5. The minimum absolute atomic E-state index is 0.119. The van der Waals surface area contributed by atoms with Crippen LogP contribution in [0.25, 0.3) is 16.9 Å². The number of likely N-dealkylation sites (tertiary alicyclic amines) is 1. The molecule has 3 N–H and O–H groups in total. The van der Waals surface area contributed by atoms with Gasteiger partial charge in [-0.15, -0.1) is 0 Å². The third-order valence-electron chi connectivity index (χ3n) is 8.85. The van der Waals surface area contributed by atoms with Crippen LogP contribution in [0.3, 0.4) is 0 Å². The lowest BCUT2D eigenvalue weighted by Crippen LogP contribution is -2.32. The van der Waals surface area contributed by atoms with Crippen molar-refractivity contribution in [2.45, 2.75) is 31.7 Å². The van der Waals surface area contributed by atoms with E-state index >= 15 is 0 Å². The van der Waals surface area contributed by atoms with Crippen molar-refractivity contribution >= 4 is 34.5 Å². The van der Waals surface area contributed by atoms with Gasteiger partial charge in [-0.25, -0.2) is 14.8 Å². The van der Waals surface area contributed by atoms with Crippen LogP contribution in [-0.4, -0.2) is 48.9 Å². The fourth-order valence-electron chi connectivity index (χ4n) is 6.59. The van der Waals surface area contributed by atoms with E-state index in [-0.39, 0.29) is 46.8 Å². The molecule has 3 aliphatic rings. The van der Waals surface area contributed by atoms with Crippen molar-refractivity contribution in [1.29, 1.82) is 5.26 Å². The molecular formula is C32H30N8O3. The van der Waals surface area contributed by atoms with Gasteiger partial charge < -0.3 is 16.0 Å². The molecule has 7 rings (SSSR count). The van der Waals surface area contributed by atoms with E-state index in [1.54, 1.807) is 33.7 Å². The lowest BCUT2D eigenvalue weighted by atomic mass is 10.0. The first kappa shape index (κ1) is 26.6. The van der Waals surface area contributed by atoms with Crippen molar-refractivity contribution in [3.05, 3.63) is 88.6 Å². The summed E-state index contributed by atoms with van der Waals surface area (Å²) in [5.74, 6) is 0.545. The number of imidazole rings is 1. The molecule has 1 saturated heterocycles. The zero-order chi connectivity index (χ0) is 29.7. The summed E-state index contributed by atoms with van der Waals surface area (Å²) in [6.45, 7) is 1.14. The van der Waals surface area contributed by atoms with E-state index in [9.17, 15) is 19.6 Å². The van der Waals surface area contributed by atoms with Gasteiger partial charge in [0.2, 0.25) is 0 Å². The predicted molar refractivity (Wildman–Crippen MR) is 160 cm³/mol. The third kappa shape index (κ3) is 4.84. The average Bonchev–Trinajstić information content (AvgIpc) is 3.50. The van der Waals surface area contributed by atoms with Crippen molar-refractivity contribution < 1.29 is 9.59 Å². The van der Waals surface area contributed by atoms with Gasteiger partial charge >= 0.3 is 5.69 Å². The van der Waals surface area contributed by atoms with Crippen LogP contribution in [0.4, 0.5) is 11.5 Å². The molecule has 1 aliphatic heterocycles. The lowest BCUT2D eigenvalue weighted by molar-refractivity contribution is -0.126. The molecule has 2 saturated carbocycles. The minimum atomic E-state index is -0.277. The molecule has 4 aromatic rings. The summed E-state index contributed by atoms with van der Waals surface area (Å²) in [5, 5.41) is 12.4. The number of anilines is 2. The van der Waals surface area contributed by atoms with Gasteiger partial charge in [0.05, 0.1) is 5.69 Å². The van der Waals surface area contributed by atoms with Crippen LogP contribution in [0.2, 0.25) is 0 Å². The van der Waals surface area contributed by atoms with Gasteiger partial charge in [-0.1, -0.05) is 24.3 Å². The fourth-order valence-corrected chi connectivity index (χ4v) is 6.59. The summed E-state index contributed by atoms with van der Waals surface area (Å²) in [6, 6.07) is 17.9. The second-order valence-corrected chi connectivity index (χ2v) is 11.7. The molecule has 2 aliphatic carbocycles. The molecule has 216 valence electrons. The van der Waals surface area contributed by atoms with E-state index in [1.165, 1.54) is 10.9 Å². The highest BCUT2D eigenvalue weighted by Crippen LogP contribution is 2.45. The summed E-state index contributed by atoms with van der Waals surface area (Å²) in [7, 11) is 0. The number of amides is 2. The Kier molecular flexibility index (Phi) is 6.54. The second-order valence-electron chi connectivity index (χ2n) is 11.7. The Bertz CT molecular complexity index is 1850. The first-order chi connectivity index (χ1) is 20.9. The molecule has 2 aromatic carbocycles. The molecule has 43 heavy (non-hydrogen) atoms. The number of para-hydroxylation sites is 1. The Labute approximate surface area is 247 Å². The molecule has 2 amide bonds. The Morgan fingerprint density at radius 1 is 1.00 bits per heavy atom. The van der Waals surface area contributed by atoms with Gasteiger partial charge in [-0.3, -0.25) is 18.7 Å². The smallest absolute Gasteiger partial charge is 0.335 e. The SMILES string of the molecule is N#C/C(=C/C1CC1)C(=O)N1CC2CC(n3c(=O)n(-c4ccc(C(=O)Nc5ccccc5)cc4)c4c(N)ncnc43)CC2C1. The third-order valence-corrected chi connectivity index (χ3v) is 8.85. The molecule has 11 heteroatoms. The molecule has 2 unspecified atom stereocenters. The van der Waals surface area contributed by atoms with Crippen molar-refractivity contribution in [1.82, 2.24) is 24.0 Å². The van der Waals surface area contributed by atoms with E-state index in [2.05, 4.69) is 21.4 Å². The maximum absolute atomic E-state index is 14.0. The monoisotopic (exact) mass is 574 g/mol. The Balaban J connectivity index is 1.14. The normalized spacial score (nSPS) is 21.5. The molecule has 2 aromatic heterocycles. The molecule has 0 bridgehead atoms. The van der Waals surface area contributed by atoms with Gasteiger partial charge in [-0.2, -0.15) is 5.26 Å². The molecule has 0 radical (unpaired) electrons. The van der Waals surface area contributed by atoms with E-state index in [0.717, 1.165) is 12.8 Å². The summed E-state index contributed by atoms with van der Waals surface area (Å²) in [4.78, 5) is 50.3. The van der Waals surface area contributed by atoms with Gasteiger partial charge in [0, 0.05) is 30.4 Å². The van der Waals surface area contributed by atoms with E-state index < -0.39 is 0 Å². The Hall–Kier alpha value is -5.24. The van der Waals surface area contributed by atoms with Crippen LogP contribution in [0, 0.1) is 29.1 Å². The lowest BCUT2D eigenvalue weighted by Gasteiger charge is -2.19. The van der Waals surface area contributed by atoms with Crippen LogP contribution < -0.4 is 16.7 Å². The van der Waals surface area contributed by atoms with E-state index in [0.29, 0.717) is 60.0 Å². The predicted octanol–water partition coefficient (Wildman–Crippen LogP) is 3.69. The number of fused-ring (bicyclic) bond motifs is 2. The molecular weight excluding hydrogens is 544 g/mol. The number of nitriles is 1. The van der Waals surface area contributed by atoms with E-state index in [4.69, 9.17) is 5.73 Å². The quantitative estimate of drug-likeness (QED) is 0.263. The van der Waals surface area contributed by atoms with Crippen LogP contribution in [0.15, 0.2) is 77.4 Å². The number of benzene rings is 2. The van der Waals surface area contributed by atoms with Crippen LogP contribution >= 0.6 is 0 Å². The average molecular weight is 575 g/mol. The maximum Gasteiger partial charge on any atom is 0.335 e. The van der Waals surface area contributed by atoms with Crippen LogP contribution in [-0.2, 0) is 4.79 Å². The highest BCUT2D eigenvalue weighted by atomic mass is 16.2. The van der Waals surface area contributed by atoms with Gasteiger partial charge in [0.15, 0.2) is 11.5 Å². The van der Waals surface area contributed by atoms with Gasteiger partial charge in [0.25, 0.3) is 11.8 Å². The van der Waals surface area contributed by atoms with Gasteiger partial charge in [-0.05, 0) is 79.8 Å². The number of nitrogen functional groups attached to an aromatic ring is 1. The number of carbonyl (C=O) groups excluding carboxylic acids is 2. The van der Waals surface area contributed by atoms with Crippen molar-refractivity contribution in [3.63, 3.8) is 0 Å².